The second-order valence-electron chi connectivity index (χ2n) is 5.55. The van der Waals surface area contributed by atoms with Gasteiger partial charge in [0.25, 0.3) is 5.91 Å². The van der Waals surface area contributed by atoms with Crippen molar-refractivity contribution >= 4 is 28.8 Å². The van der Waals surface area contributed by atoms with Crippen molar-refractivity contribution in [3.05, 3.63) is 70.9 Å². The molecule has 2 N–H and O–H groups in total. The minimum absolute atomic E-state index is 0.104. The van der Waals surface area contributed by atoms with Gasteiger partial charge in [-0.25, -0.2) is 0 Å². The minimum atomic E-state index is -0.310. The predicted molar refractivity (Wildman–Crippen MR) is 104 cm³/mol. The van der Waals surface area contributed by atoms with E-state index >= 15 is 0 Å². The molecule has 0 aliphatic rings. The standard InChI is InChI=1S/C20H18N2O3S/c1-25-18-7-5-14(6-8-18)20(24)21-12-19(23)22-17-4-2-3-15(11-17)16-9-10-26-13-16/h2-11,13H,12H2,1H3,(H,21,24)(H,22,23). The molecule has 1 aromatic heterocycles. The smallest absolute Gasteiger partial charge is 0.251 e. The van der Waals surface area contributed by atoms with Gasteiger partial charge in [-0.15, -0.1) is 0 Å². The third kappa shape index (κ3) is 4.49. The van der Waals surface area contributed by atoms with Crippen molar-refractivity contribution in [3.8, 4) is 16.9 Å². The van der Waals surface area contributed by atoms with E-state index in [1.54, 1.807) is 42.7 Å². The lowest BCUT2D eigenvalue weighted by Gasteiger charge is -2.08. The van der Waals surface area contributed by atoms with Crippen molar-refractivity contribution < 1.29 is 14.3 Å². The SMILES string of the molecule is COc1ccc(C(=O)NCC(=O)Nc2cccc(-c3ccsc3)c2)cc1. The Morgan fingerprint density at radius 3 is 2.54 bits per heavy atom. The fourth-order valence-electron chi connectivity index (χ4n) is 2.42. The van der Waals surface area contributed by atoms with Gasteiger partial charge in [-0.1, -0.05) is 12.1 Å². The van der Waals surface area contributed by atoms with Crippen LogP contribution >= 0.6 is 11.3 Å². The van der Waals surface area contributed by atoms with Crippen LogP contribution in [0.15, 0.2) is 65.4 Å². The Hall–Kier alpha value is -3.12. The summed E-state index contributed by atoms with van der Waals surface area (Å²) in [6.07, 6.45) is 0. The molecule has 1 heterocycles. The summed E-state index contributed by atoms with van der Waals surface area (Å²) in [7, 11) is 1.56. The molecule has 6 heteroatoms. The first kappa shape index (κ1) is 17.7. The van der Waals surface area contributed by atoms with Gasteiger partial charge >= 0.3 is 0 Å². The van der Waals surface area contributed by atoms with Crippen LogP contribution in [0.3, 0.4) is 0 Å². The molecule has 0 unspecified atom stereocenters. The number of benzene rings is 2. The molecule has 3 aromatic rings. The van der Waals surface area contributed by atoms with Crippen LogP contribution in [0.5, 0.6) is 5.75 Å². The lowest BCUT2D eigenvalue weighted by Crippen LogP contribution is -2.32. The number of hydrogen-bond acceptors (Lipinski definition) is 4. The number of thiophene rings is 1. The number of hydrogen-bond donors (Lipinski definition) is 2. The van der Waals surface area contributed by atoms with Gasteiger partial charge in [0.05, 0.1) is 13.7 Å². The van der Waals surface area contributed by atoms with Crippen molar-refractivity contribution in [3.63, 3.8) is 0 Å². The van der Waals surface area contributed by atoms with E-state index in [0.29, 0.717) is 17.0 Å². The summed E-state index contributed by atoms with van der Waals surface area (Å²) in [4.78, 5) is 24.2. The van der Waals surface area contributed by atoms with Gasteiger partial charge in [-0.3, -0.25) is 9.59 Å². The largest absolute Gasteiger partial charge is 0.497 e. The molecule has 0 aliphatic heterocycles. The van der Waals surface area contributed by atoms with Crippen molar-refractivity contribution in [1.29, 1.82) is 0 Å². The van der Waals surface area contributed by atoms with Crippen LogP contribution in [-0.2, 0) is 4.79 Å². The fourth-order valence-corrected chi connectivity index (χ4v) is 3.08. The van der Waals surface area contributed by atoms with Gasteiger partial charge in [0, 0.05) is 11.3 Å². The van der Waals surface area contributed by atoms with Gasteiger partial charge < -0.3 is 15.4 Å². The Morgan fingerprint density at radius 2 is 1.85 bits per heavy atom. The van der Waals surface area contributed by atoms with Crippen molar-refractivity contribution in [1.82, 2.24) is 5.32 Å². The Labute approximate surface area is 155 Å². The van der Waals surface area contributed by atoms with E-state index in [4.69, 9.17) is 4.74 Å². The Morgan fingerprint density at radius 1 is 1.04 bits per heavy atom. The monoisotopic (exact) mass is 366 g/mol. The summed E-state index contributed by atoms with van der Waals surface area (Å²) in [5.41, 5.74) is 3.31. The van der Waals surface area contributed by atoms with E-state index in [-0.39, 0.29) is 18.4 Å². The average molecular weight is 366 g/mol. The molecular weight excluding hydrogens is 348 g/mol. The molecule has 0 saturated heterocycles. The van der Waals surface area contributed by atoms with E-state index in [1.807, 2.05) is 35.7 Å². The predicted octanol–water partition coefficient (Wildman–Crippen LogP) is 3.79. The highest BCUT2D eigenvalue weighted by Crippen LogP contribution is 2.24. The lowest BCUT2D eigenvalue weighted by molar-refractivity contribution is -0.115. The highest BCUT2D eigenvalue weighted by molar-refractivity contribution is 7.08. The summed E-state index contributed by atoms with van der Waals surface area (Å²) in [6.45, 7) is -0.104. The molecule has 0 aliphatic carbocycles. The van der Waals surface area contributed by atoms with Crippen LogP contribution in [0.2, 0.25) is 0 Å². The molecular formula is C20H18N2O3S. The quantitative estimate of drug-likeness (QED) is 0.697. The maximum atomic E-state index is 12.1. The fraction of sp³-hybridized carbons (Fsp3) is 0.100. The third-order valence-corrected chi connectivity index (χ3v) is 4.45. The molecule has 2 aromatic carbocycles. The number of amides is 2. The highest BCUT2D eigenvalue weighted by Gasteiger charge is 2.09. The summed E-state index contributed by atoms with van der Waals surface area (Å²) in [5.74, 6) is 0.0777. The van der Waals surface area contributed by atoms with Gasteiger partial charge in [0.1, 0.15) is 5.75 Å². The van der Waals surface area contributed by atoms with E-state index < -0.39 is 0 Å². The third-order valence-electron chi connectivity index (χ3n) is 3.76. The molecule has 132 valence electrons. The van der Waals surface area contributed by atoms with Crippen LogP contribution < -0.4 is 15.4 Å². The number of nitrogens with one attached hydrogen (secondary N) is 2. The molecule has 0 fully saturated rings. The molecule has 0 saturated carbocycles. The van der Waals surface area contributed by atoms with E-state index in [2.05, 4.69) is 16.0 Å². The summed E-state index contributed by atoms with van der Waals surface area (Å²) < 4.78 is 5.05. The number of methoxy groups -OCH3 is 1. The van der Waals surface area contributed by atoms with Crippen LogP contribution in [0, 0.1) is 0 Å². The summed E-state index contributed by atoms with van der Waals surface area (Å²) in [6, 6.07) is 16.3. The summed E-state index contributed by atoms with van der Waals surface area (Å²) in [5, 5.41) is 9.47. The zero-order valence-electron chi connectivity index (χ0n) is 14.2. The molecule has 26 heavy (non-hydrogen) atoms. The maximum absolute atomic E-state index is 12.1. The molecule has 2 amide bonds. The molecule has 0 bridgehead atoms. The normalized spacial score (nSPS) is 10.2. The molecule has 0 radical (unpaired) electrons. The summed E-state index contributed by atoms with van der Waals surface area (Å²) >= 11 is 1.62. The number of carbonyl (C=O) groups is 2. The number of ether oxygens (including phenoxy) is 1. The number of rotatable bonds is 6. The van der Waals surface area contributed by atoms with Gasteiger partial charge in [-0.05, 0) is 64.4 Å². The zero-order valence-corrected chi connectivity index (χ0v) is 15.0. The van der Waals surface area contributed by atoms with Crippen molar-refractivity contribution in [2.45, 2.75) is 0 Å². The Kier molecular flexibility index (Phi) is 5.66. The number of anilines is 1. The van der Waals surface area contributed by atoms with Crippen molar-refractivity contribution in [2.75, 3.05) is 19.0 Å². The van der Waals surface area contributed by atoms with Crippen LogP contribution in [0.25, 0.3) is 11.1 Å². The van der Waals surface area contributed by atoms with Crippen LogP contribution in [-0.4, -0.2) is 25.5 Å². The molecule has 0 atom stereocenters. The van der Waals surface area contributed by atoms with Gasteiger partial charge in [-0.2, -0.15) is 11.3 Å². The minimum Gasteiger partial charge on any atom is -0.497 e. The molecule has 3 rings (SSSR count). The first-order chi connectivity index (χ1) is 12.7. The molecule has 0 spiro atoms. The second-order valence-corrected chi connectivity index (χ2v) is 6.33. The average Bonchev–Trinajstić information content (AvgIpc) is 3.21. The van der Waals surface area contributed by atoms with E-state index in [1.165, 1.54) is 0 Å². The van der Waals surface area contributed by atoms with E-state index in [9.17, 15) is 9.59 Å². The first-order valence-electron chi connectivity index (χ1n) is 8.00. The lowest BCUT2D eigenvalue weighted by atomic mass is 10.1. The maximum Gasteiger partial charge on any atom is 0.251 e. The van der Waals surface area contributed by atoms with Crippen LogP contribution in [0.1, 0.15) is 10.4 Å². The number of carbonyl (C=O) groups excluding carboxylic acids is 2. The highest BCUT2D eigenvalue weighted by atomic mass is 32.1. The van der Waals surface area contributed by atoms with Crippen molar-refractivity contribution in [2.24, 2.45) is 0 Å². The van der Waals surface area contributed by atoms with Gasteiger partial charge in [0.2, 0.25) is 5.91 Å². The van der Waals surface area contributed by atoms with Gasteiger partial charge in [0.15, 0.2) is 0 Å². The topological polar surface area (TPSA) is 67.4 Å². The second kappa shape index (κ2) is 8.31. The Balaban J connectivity index is 1.55. The van der Waals surface area contributed by atoms with E-state index in [0.717, 1.165) is 11.1 Å². The zero-order chi connectivity index (χ0) is 18.4. The first-order valence-corrected chi connectivity index (χ1v) is 8.95. The molecule has 5 nitrogen and oxygen atoms in total. The Bertz CT molecular complexity index is 890. The van der Waals surface area contributed by atoms with Crippen LogP contribution in [0.4, 0.5) is 5.69 Å².